The lowest BCUT2D eigenvalue weighted by atomic mass is 10.0. The molecule has 0 aliphatic carbocycles. The van der Waals surface area contributed by atoms with Gasteiger partial charge in [-0.1, -0.05) is 85.8 Å². The van der Waals surface area contributed by atoms with Crippen molar-refractivity contribution in [2.24, 2.45) is 0 Å². The van der Waals surface area contributed by atoms with E-state index in [1.165, 1.54) is 0 Å². The number of aryl methyl sites for hydroxylation is 1. The molecule has 31 heavy (non-hydrogen) atoms. The van der Waals surface area contributed by atoms with Gasteiger partial charge in [0.2, 0.25) is 0 Å². The quantitative estimate of drug-likeness (QED) is 0.484. The van der Waals surface area contributed by atoms with E-state index in [0.717, 1.165) is 16.2 Å². The highest BCUT2D eigenvalue weighted by Gasteiger charge is 2.36. The number of hydrogen-bond acceptors (Lipinski definition) is 2. The molecule has 3 rings (SSSR count). The van der Waals surface area contributed by atoms with E-state index in [1.54, 1.807) is 0 Å². The summed E-state index contributed by atoms with van der Waals surface area (Å²) in [5.41, 5.74) is 1.52. The summed E-state index contributed by atoms with van der Waals surface area (Å²) in [6.45, 7) is 10.2. The Morgan fingerprint density at radius 3 is 1.68 bits per heavy atom. The van der Waals surface area contributed by atoms with Gasteiger partial charge in [0.15, 0.2) is 7.14 Å². The van der Waals surface area contributed by atoms with Gasteiger partial charge in [0.05, 0.1) is 5.56 Å². The molecular weight excluding hydrogens is 401 g/mol. The molecular formula is C27H32NO2P. The first kappa shape index (κ1) is 23.0. The first-order valence-electron chi connectivity index (χ1n) is 11.0. The zero-order valence-electron chi connectivity index (χ0n) is 19.1. The van der Waals surface area contributed by atoms with Crippen molar-refractivity contribution in [3.05, 3.63) is 90.0 Å². The fraction of sp³-hybridized carbons (Fsp3) is 0.296. The molecule has 0 saturated carbocycles. The van der Waals surface area contributed by atoms with Crippen LogP contribution in [0.1, 0.15) is 50.5 Å². The predicted octanol–water partition coefficient (Wildman–Crippen LogP) is 5.15. The summed E-state index contributed by atoms with van der Waals surface area (Å²) < 4.78 is 15.0. The van der Waals surface area contributed by atoms with Crippen LogP contribution in [0.15, 0.2) is 78.9 Å². The van der Waals surface area contributed by atoms with Gasteiger partial charge in [-0.3, -0.25) is 4.79 Å². The molecule has 0 N–H and O–H groups in total. The molecule has 1 amide bonds. The normalized spacial score (nSPS) is 11.7. The third kappa shape index (κ3) is 4.38. The summed E-state index contributed by atoms with van der Waals surface area (Å²) in [5, 5.41) is 2.11. The Balaban J connectivity index is 2.37. The lowest BCUT2D eigenvalue weighted by Crippen LogP contribution is -2.44. The maximum absolute atomic E-state index is 15.0. The van der Waals surface area contributed by atoms with E-state index >= 15 is 4.57 Å². The van der Waals surface area contributed by atoms with Gasteiger partial charge < -0.3 is 9.46 Å². The van der Waals surface area contributed by atoms with Crippen molar-refractivity contribution in [3.63, 3.8) is 0 Å². The Labute approximate surface area is 186 Å². The molecule has 0 bridgehead atoms. The van der Waals surface area contributed by atoms with Crippen molar-refractivity contribution >= 4 is 29.0 Å². The standard InChI is InChI=1S/C27H32NO2P/c1-6-22-14-13-19-25(26(22)27(29)28(20(2)3)21(4)5)31(30,23-15-9-7-10-16-23)24-17-11-8-12-18-24/h7-21H,6H2,1-5H3. The average molecular weight is 434 g/mol. The Kier molecular flexibility index (Phi) is 7.18. The highest BCUT2D eigenvalue weighted by atomic mass is 31.2. The van der Waals surface area contributed by atoms with Gasteiger partial charge in [-0.2, -0.15) is 0 Å². The highest BCUT2D eigenvalue weighted by Crippen LogP contribution is 2.44. The molecule has 3 aromatic carbocycles. The number of hydrogen-bond donors (Lipinski definition) is 0. The van der Waals surface area contributed by atoms with Gasteiger partial charge in [-0.25, -0.2) is 0 Å². The number of benzene rings is 3. The fourth-order valence-electron chi connectivity index (χ4n) is 4.29. The maximum Gasteiger partial charge on any atom is 0.255 e. The van der Waals surface area contributed by atoms with Crippen LogP contribution in [0, 0.1) is 0 Å². The summed E-state index contributed by atoms with van der Waals surface area (Å²) in [6, 6.07) is 25.0. The first-order chi connectivity index (χ1) is 14.8. The minimum Gasteiger partial charge on any atom is -0.334 e. The minimum absolute atomic E-state index is 0.0399. The van der Waals surface area contributed by atoms with E-state index in [4.69, 9.17) is 0 Å². The second-order valence-electron chi connectivity index (χ2n) is 8.35. The highest BCUT2D eigenvalue weighted by molar-refractivity contribution is 7.85. The number of carbonyl (C=O) groups excluding carboxylic acids is 1. The van der Waals surface area contributed by atoms with Crippen LogP contribution in [-0.2, 0) is 11.0 Å². The molecule has 0 fully saturated rings. The van der Waals surface area contributed by atoms with Crippen LogP contribution in [0.25, 0.3) is 0 Å². The summed E-state index contributed by atoms with van der Waals surface area (Å²) in [5.74, 6) is -0.0514. The molecule has 0 aliphatic heterocycles. The zero-order chi connectivity index (χ0) is 22.6. The summed E-state index contributed by atoms with van der Waals surface area (Å²) in [4.78, 5) is 15.8. The number of nitrogens with zero attached hydrogens (tertiary/aromatic N) is 1. The molecule has 3 nitrogen and oxygen atoms in total. The maximum atomic E-state index is 15.0. The van der Waals surface area contributed by atoms with E-state index in [9.17, 15) is 4.79 Å². The third-order valence-electron chi connectivity index (χ3n) is 5.65. The summed E-state index contributed by atoms with van der Waals surface area (Å²) in [7, 11) is -3.26. The lowest BCUT2D eigenvalue weighted by molar-refractivity contribution is 0.0644. The molecule has 0 radical (unpaired) electrons. The fourth-order valence-corrected chi connectivity index (χ4v) is 7.18. The van der Waals surface area contributed by atoms with Crippen molar-refractivity contribution in [1.82, 2.24) is 4.90 Å². The molecule has 0 spiro atoms. The van der Waals surface area contributed by atoms with Gasteiger partial charge in [-0.15, -0.1) is 0 Å². The molecule has 3 aromatic rings. The van der Waals surface area contributed by atoms with E-state index in [1.807, 2.05) is 118 Å². The van der Waals surface area contributed by atoms with Gasteiger partial charge in [0.25, 0.3) is 5.91 Å². The molecule has 0 atom stereocenters. The van der Waals surface area contributed by atoms with Crippen LogP contribution < -0.4 is 15.9 Å². The molecule has 4 heteroatoms. The van der Waals surface area contributed by atoms with Gasteiger partial charge in [0.1, 0.15) is 0 Å². The number of rotatable bonds is 7. The summed E-state index contributed by atoms with van der Waals surface area (Å²) >= 11 is 0. The molecule has 0 aromatic heterocycles. The molecule has 0 heterocycles. The van der Waals surface area contributed by atoms with Crippen LogP contribution in [0.4, 0.5) is 0 Å². The SMILES string of the molecule is CCc1cccc(P(=O)(c2ccccc2)c2ccccc2)c1C(=O)N(C(C)C)C(C)C. The molecule has 0 saturated heterocycles. The monoisotopic (exact) mass is 433 g/mol. The topological polar surface area (TPSA) is 37.4 Å². The van der Waals surface area contributed by atoms with Crippen molar-refractivity contribution in [3.8, 4) is 0 Å². The van der Waals surface area contributed by atoms with E-state index in [0.29, 0.717) is 17.3 Å². The molecule has 0 unspecified atom stereocenters. The van der Waals surface area contributed by atoms with Gasteiger partial charge >= 0.3 is 0 Å². The van der Waals surface area contributed by atoms with Crippen molar-refractivity contribution in [2.45, 2.75) is 53.1 Å². The zero-order valence-corrected chi connectivity index (χ0v) is 20.0. The second kappa shape index (κ2) is 9.66. The van der Waals surface area contributed by atoms with Crippen LogP contribution >= 0.6 is 7.14 Å². The van der Waals surface area contributed by atoms with E-state index < -0.39 is 7.14 Å². The average Bonchev–Trinajstić information content (AvgIpc) is 2.78. The van der Waals surface area contributed by atoms with Gasteiger partial charge in [0, 0.05) is 28.0 Å². The Morgan fingerprint density at radius 1 is 0.774 bits per heavy atom. The van der Waals surface area contributed by atoms with Crippen LogP contribution in [0.2, 0.25) is 0 Å². The third-order valence-corrected chi connectivity index (χ3v) is 8.75. The predicted molar refractivity (Wildman–Crippen MR) is 132 cm³/mol. The second-order valence-corrected chi connectivity index (χ2v) is 11.1. The van der Waals surface area contributed by atoms with Crippen molar-refractivity contribution in [1.29, 1.82) is 0 Å². The van der Waals surface area contributed by atoms with Gasteiger partial charge in [-0.05, 0) is 39.7 Å². The van der Waals surface area contributed by atoms with E-state index in [2.05, 4.69) is 0 Å². The molecule has 162 valence electrons. The Bertz CT molecular complexity index is 1020. The van der Waals surface area contributed by atoms with Crippen LogP contribution in [0.3, 0.4) is 0 Å². The van der Waals surface area contributed by atoms with Crippen LogP contribution in [0.5, 0.6) is 0 Å². The number of carbonyl (C=O) groups is 1. The lowest BCUT2D eigenvalue weighted by Gasteiger charge is -2.33. The first-order valence-corrected chi connectivity index (χ1v) is 12.7. The summed E-state index contributed by atoms with van der Waals surface area (Å²) in [6.07, 6.45) is 0.697. The Hall–Kier alpha value is -2.64. The largest absolute Gasteiger partial charge is 0.334 e. The number of amides is 1. The van der Waals surface area contributed by atoms with Crippen molar-refractivity contribution in [2.75, 3.05) is 0 Å². The van der Waals surface area contributed by atoms with Crippen LogP contribution in [-0.4, -0.2) is 22.9 Å². The van der Waals surface area contributed by atoms with E-state index in [-0.39, 0.29) is 18.0 Å². The van der Waals surface area contributed by atoms with Crippen molar-refractivity contribution < 1.29 is 9.36 Å². The minimum atomic E-state index is -3.26. The molecule has 0 aliphatic rings. The smallest absolute Gasteiger partial charge is 0.255 e. The Morgan fingerprint density at radius 2 is 1.26 bits per heavy atom.